The number of nitrogens with zero attached hydrogens (tertiary/aromatic N) is 2. The van der Waals surface area contributed by atoms with Crippen molar-refractivity contribution in [1.29, 1.82) is 0 Å². The van der Waals surface area contributed by atoms with Gasteiger partial charge in [-0.25, -0.2) is 4.79 Å². The predicted octanol–water partition coefficient (Wildman–Crippen LogP) is 1.52. The fourth-order valence-corrected chi connectivity index (χ4v) is 3.51. The average Bonchev–Trinajstić information content (AvgIpc) is 2.63. The Bertz CT molecular complexity index is 626. The van der Waals surface area contributed by atoms with Crippen molar-refractivity contribution >= 4 is 16.1 Å². The number of hydrogen-bond donors (Lipinski definition) is 0. The zero-order chi connectivity index (χ0) is 14.3. The summed E-state index contributed by atoms with van der Waals surface area (Å²) in [6.07, 6.45) is 1.65. The van der Waals surface area contributed by atoms with Crippen molar-refractivity contribution in [3.05, 3.63) is 29.8 Å². The highest BCUT2D eigenvalue weighted by Crippen LogP contribution is 2.28. The van der Waals surface area contributed by atoms with E-state index in [4.69, 9.17) is 4.28 Å². The van der Waals surface area contributed by atoms with Crippen LogP contribution in [0, 0.1) is 6.92 Å². The maximum Gasteiger partial charge on any atom is 0.345 e. The molecule has 0 spiro atoms. The van der Waals surface area contributed by atoms with Gasteiger partial charge in [-0.1, -0.05) is 17.7 Å². The van der Waals surface area contributed by atoms with Crippen LogP contribution in [0.2, 0.25) is 0 Å². The van der Waals surface area contributed by atoms with Crippen LogP contribution in [-0.4, -0.2) is 43.5 Å². The molecule has 1 aromatic rings. The van der Waals surface area contributed by atoms with Crippen LogP contribution in [-0.2, 0) is 14.4 Å². The molecule has 2 saturated heterocycles. The van der Waals surface area contributed by atoms with E-state index >= 15 is 0 Å². The highest BCUT2D eigenvalue weighted by atomic mass is 32.2. The molecule has 0 N–H and O–H groups in total. The molecule has 0 radical (unpaired) electrons. The lowest BCUT2D eigenvalue weighted by Gasteiger charge is -2.21. The normalized spacial score (nSPS) is 22.4. The summed E-state index contributed by atoms with van der Waals surface area (Å²) in [5.74, 6) is 0. The molecule has 20 heavy (non-hydrogen) atoms. The zero-order valence-corrected chi connectivity index (χ0v) is 12.0. The lowest BCUT2D eigenvalue weighted by molar-refractivity contribution is -0.0214. The Labute approximate surface area is 118 Å². The second-order valence-corrected chi connectivity index (χ2v) is 6.72. The summed E-state index contributed by atoms with van der Waals surface area (Å²) in [4.78, 5) is 13.7. The van der Waals surface area contributed by atoms with Gasteiger partial charge in [-0.15, -0.1) is 4.28 Å². The summed E-state index contributed by atoms with van der Waals surface area (Å²) in [7, 11) is -3.95. The molecule has 1 aromatic carbocycles. The third-order valence-electron chi connectivity index (χ3n) is 3.68. The predicted molar refractivity (Wildman–Crippen MR) is 71.3 cm³/mol. The SMILES string of the molecule is Cc1ccc(S(=O)(=O)ON2C(=O)N3CCCC2C3)cc1. The second kappa shape index (κ2) is 4.75. The molecule has 6 nitrogen and oxygen atoms in total. The van der Waals surface area contributed by atoms with Gasteiger partial charge in [0.2, 0.25) is 0 Å². The van der Waals surface area contributed by atoms with Crippen LogP contribution in [0.5, 0.6) is 0 Å². The highest BCUT2D eigenvalue weighted by Gasteiger charge is 2.43. The number of benzene rings is 1. The number of amides is 2. The molecule has 1 unspecified atom stereocenters. The van der Waals surface area contributed by atoms with Crippen molar-refractivity contribution in [2.75, 3.05) is 13.1 Å². The smallest absolute Gasteiger partial charge is 0.321 e. The van der Waals surface area contributed by atoms with Crippen molar-refractivity contribution in [2.45, 2.75) is 30.7 Å². The van der Waals surface area contributed by atoms with Crippen molar-refractivity contribution < 1.29 is 17.5 Å². The standard InChI is InChI=1S/C13H16N2O4S/c1-10-4-6-12(7-5-10)20(17,18)19-15-11-3-2-8-14(9-11)13(15)16/h4-7,11H,2-3,8-9H2,1H3. The van der Waals surface area contributed by atoms with E-state index < -0.39 is 10.1 Å². The lowest BCUT2D eigenvalue weighted by Crippen LogP contribution is -2.35. The van der Waals surface area contributed by atoms with Gasteiger partial charge in [-0.05, 0) is 31.9 Å². The van der Waals surface area contributed by atoms with Gasteiger partial charge >= 0.3 is 16.1 Å². The first-order valence-electron chi connectivity index (χ1n) is 6.57. The van der Waals surface area contributed by atoms with Crippen LogP contribution in [0.15, 0.2) is 29.2 Å². The van der Waals surface area contributed by atoms with Crippen LogP contribution in [0.3, 0.4) is 0 Å². The molecule has 2 aliphatic heterocycles. The summed E-state index contributed by atoms with van der Waals surface area (Å²) in [6.45, 7) is 3.08. The van der Waals surface area contributed by atoms with Crippen molar-refractivity contribution in [1.82, 2.24) is 9.96 Å². The molecule has 2 heterocycles. The molecule has 7 heteroatoms. The summed E-state index contributed by atoms with van der Waals surface area (Å²) in [5, 5.41) is 1.02. The van der Waals surface area contributed by atoms with Crippen molar-refractivity contribution in [2.24, 2.45) is 0 Å². The Morgan fingerprint density at radius 3 is 2.60 bits per heavy atom. The number of rotatable bonds is 3. The summed E-state index contributed by atoms with van der Waals surface area (Å²) in [5.41, 5.74) is 0.961. The fourth-order valence-electron chi connectivity index (χ4n) is 2.56. The number of fused-ring (bicyclic) bond motifs is 2. The first-order chi connectivity index (χ1) is 9.47. The average molecular weight is 296 g/mol. The quantitative estimate of drug-likeness (QED) is 0.848. The first kappa shape index (κ1) is 13.4. The number of aryl methyl sites for hydroxylation is 1. The fraction of sp³-hybridized carbons (Fsp3) is 0.462. The molecular weight excluding hydrogens is 280 g/mol. The van der Waals surface area contributed by atoms with Gasteiger partial charge in [0.1, 0.15) is 0 Å². The van der Waals surface area contributed by atoms with Crippen LogP contribution >= 0.6 is 0 Å². The Morgan fingerprint density at radius 1 is 1.25 bits per heavy atom. The maximum atomic E-state index is 12.2. The Morgan fingerprint density at radius 2 is 1.95 bits per heavy atom. The van der Waals surface area contributed by atoms with E-state index in [2.05, 4.69) is 0 Å². The van der Waals surface area contributed by atoms with E-state index in [1.54, 1.807) is 17.0 Å². The molecule has 2 amide bonds. The van der Waals surface area contributed by atoms with Gasteiger partial charge in [-0.3, -0.25) is 0 Å². The number of hydrogen-bond acceptors (Lipinski definition) is 4. The molecule has 0 saturated carbocycles. The van der Waals surface area contributed by atoms with Gasteiger partial charge in [0.15, 0.2) is 0 Å². The number of hydroxylamine groups is 2. The monoisotopic (exact) mass is 296 g/mol. The third kappa shape index (κ3) is 2.27. The van der Waals surface area contributed by atoms with Gasteiger partial charge in [-0.2, -0.15) is 13.5 Å². The van der Waals surface area contributed by atoms with E-state index in [-0.39, 0.29) is 17.0 Å². The van der Waals surface area contributed by atoms with E-state index in [1.807, 2.05) is 6.92 Å². The molecule has 0 aliphatic carbocycles. The second-order valence-electron chi connectivity index (χ2n) is 5.19. The Hall–Kier alpha value is -1.60. The van der Waals surface area contributed by atoms with Crippen LogP contribution < -0.4 is 0 Å². The number of piperidine rings is 1. The molecule has 2 fully saturated rings. The summed E-state index contributed by atoms with van der Waals surface area (Å²) < 4.78 is 29.5. The van der Waals surface area contributed by atoms with Gasteiger partial charge < -0.3 is 4.90 Å². The van der Waals surface area contributed by atoms with E-state index in [0.717, 1.165) is 23.5 Å². The Kier molecular flexibility index (Phi) is 3.18. The Balaban J connectivity index is 1.83. The van der Waals surface area contributed by atoms with Crippen molar-refractivity contribution in [3.63, 3.8) is 0 Å². The molecule has 2 bridgehead atoms. The molecular formula is C13H16N2O4S. The molecule has 1 atom stereocenters. The molecule has 2 aliphatic rings. The van der Waals surface area contributed by atoms with E-state index in [1.165, 1.54) is 12.1 Å². The number of carbonyl (C=O) groups excluding carboxylic acids is 1. The van der Waals surface area contributed by atoms with Gasteiger partial charge in [0, 0.05) is 13.1 Å². The highest BCUT2D eigenvalue weighted by molar-refractivity contribution is 7.86. The largest absolute Gasteiger partial charge is 0.345 e. The molecule has 0 aromatic heterocycles. The van der Waals surface area contributed by atoms with Crippen LogP contribution in [0.25, 0.3) is 0 Å². The van der Waals surface area contributed by atoms with Gasteiger partial charge in [0.05, 0.1) is 10.9 Å². The van der Waals surface area contributed by atoms with E-state index in [9.17, 15) is 13.2 Å². The first-order valence-corrected chi connectivity index (χ1v) is 7.97. The molecule has 108 valence electrons. The topological polar surface area (TPSA) is 66.9 Å². The van der Waals surface area contributed by atoms with Crippen molar-refractivity contribution in [3.8, 4) is 0 Å². The lowest BCUT2D eigenvalue weighted by atomic mass is 10.1. The minimum Gasteiger partial charge on any atom is -0.321 e. The van der Waals surface area contributed by atoms with E-state index in [0.29, 0.717) is 13.1 Å². The number of urea groups is 1. The molecule has 3 rings (SSSR count). The minimum atomic E-state index is -3.95. The van der Waals surface area contributed by atoms with Crippen LogP contribution in [0.4, 0.5) is 4.79 Å². The summed E-state index contributed by atoms with van der Waals surface area (Å²) in [6, 6.07) is 5.84. The third-order valence-corrected chi connectivity index (χ3v) is 4.88. The maximum absolute atomic E-state index is 12.2. The van der Waals surface area contributed by atoms with Crippen LogP contribution in [0.1, 0.15) is 18.4 Å². The van der Waals surface area contributed by atoms with Gasteiger partial charge in [0.25, 0.3) is 0 Å². The zero-order valence-electron chi connectivity index (χ0n) is 11.2. The summed E-state index contributed by atoms with van der Waals surface area (Å²) >= 11 is 0. The number of carbonyl (C=O) groups is 1. The minimum absolute atomic E-state index is 0.0624.